The fourth-order valence-corrected chi connectivity index (χ4v) is 5.68. The lowest BCUT2D eigenvalue weighted by molar-refractivity contribution is -0.139. The second-order valence-electron chi connectivity index (χ2n) is 10.1. The van der Waals surface area contributed by atoms with Crippen LogP contribution in [-0.2, 0) is 26.2 Å². The van der Waals surface area contributed by atoms with Crippen LogP contribution in [0.1, 0.15) is 50.2 Å². The zero-order valence-corrected chi connectivity index (χ0v) is 23.1. The molecule has 2 aromatic carbocycles. The van der Waals surface area contributed by atoms with E-state index >= 15 is 0 Å². The van der Waals surface area contributed by atoms with Gasteiger partial charge in [-0.1, -0.05) is 49.1 Å². The molecule has 1 aliphatic heterocycles. The van der Waals surface area contributed by atoms with Gasteiger partial charge in [0.15, 0.2) is 11.5 Å². The van der Waals surface area contributed by atoms with Crippen LogP contribution in [-0.4, -0.2) is 63.2 Å². The first-order chi connectivity index (χ1) is 18.1. The Morgan fingerprint density at radius 3 is 2.32 bits per heavy atom. The number of hydrogen-bond acceptors (Lipinski definition) is 6. The first-order valence-corrected chi connectivity index (χ1v) is 15.0. The van der Waals surface area contributed by atoms with Gasteiger partial charge < -0.3 is 19.7 Å². The van der Waals surface area contributed by atoms with Gasteiger partial charge in [0.1, 0.15) is 25.8 Å². The zero-order valence-electron chi connectivity index (χ0n) is 22.3. The molecule has 4 rings (SSSR count). The molecule has 0 unspecified atom stereocenters. The van der Waals surface area contributed by atoms with Crippen LogP contribution in [0.25, 0.3) is 0 Å². The maximum absolute atomic E-state index is 13.8. The van der Waals surface area contributed by atoms with E-state index < -0.39 is 28.5 Å². The van der Waals surface area contributed by atoms with E-state index in [1.54, 1.807) is 25.1 Å². The second kappa shape index (κ2) is 12.1. The lowest BCUT2D eigenvalue weighted by atomic mass is 9.95. The van der Waals surface area contributed by atoms with E-state index in [9.17, 15) is 18.0 Å². The Hall–Kier alpha value is -3.27. The van der Waals surface area contributed by atoms with Crippen LogP contribution in [0.15, 0.2) is 42.5 Å². The summed E-state index contributed by atoms with van der Waals surface area (Å²) in [6.07, 6.45) is 6.23. The molecule has 206 valence electrons. The van der Waals surface area contributed by atoms with Crippen molar-refractivity contribution < 1.29 is 27.5 Å². The summed E-state index contributed by atoms with van der Waals surface area (Å²) in [4.78, 5) is 28.5. The summed E-state index contributed by atoms with van der Waals surface area (Å²) >= 11 is 0. The molecule has 10 heteroatoms. The molecule has 1 aliphatic carbocycles. The third-order valence-electron chi connectivity index (χ3n) is 7.09. The predicted octanol–water partition coefficient (Wildman–Crippen LogP) is 3.40. The zero-order chi connectivity index (χ0) is 27.3. The standard InChI is InChI=1S/C28H37N3O6S/c1-20-9-11-22(12-10-20)18-30(21(2)28(33)29-23-7-5-4-6-8-23)27(32)19-31(38(3,34)35)24-13-14-25-26(17-24)37-16-15-36-25/h9-14,17,21,23H,4-8,15-16,18-19H2,1-3H3,(H,29,33)/t21-/m1/s1. The smallest absolute Gasteiger partial charge is 0.244 e. The summed E-state index contributed by atoms with van der Waals surface area (Å²) in [5.41, 5.74) is 2.22. The molecule has 2 aromatic rings. The van der Waals surface area contributed by atoms with E-state index in [1.165, 1.54) is 11.3 Å². The molecule has 1 N–H and O–H groups in total. The summed E-state index contributed by atoms with van der Waals surface area (Å²) in [6.45, 7) is 4.16. The minimum atomic E-state index is -3.83. The summed E-state index contributed by atoms with van der Waals surface area (Å²) in [6, 6.07) is 11.8. The average Bonchev–Trinajstić information content (AvgIpc) is 2.90. The summed E-state index contributed by atoms with van der Waals surface area (Å²) in [5, 5.41) is 3.10. The summed E-state index contributed by atoms with van der Waals surface area (Å²) in [5.74, 6) is 0.236. The van der Waals surface area contributed by atoms with Gasteiger partial charge in [-0.05, 0) is 44.4 Å². The number of carbonyl (C=O) groups is 2. The Labute approximate surface area is 225 Å². The van der Waals surface area contributed by atoms with Crippen LogP contribution >= 0.6 is 0 Å². The van der Waals surface area contributed by atoms with Gasteiger partial charge in [0.25, 0.3) is 0 Å². The highest BCUT2D eigenvalue weighted by molar-refractivity contribution is 7.92. The number of benzene rings is 2. The van der Waals surface area contributed by atoms with Crippen molar-refractivity contribution in [2.24, 2.45) is 0 Å². The molecule has 0 saturated heterocycles. The van der Waals surface area contributed by atoms with Crippen molar-refractivity contribution in [3.8, 4) is 11.5 Å². The largest absolute Gasteiger partial charge is 0.486 e. The molecule has 1 saturated carbocycles. The predicted molar refractivity (Wildman–Crippen MR) is 146 cm³/mol. The Balaban J connectivity index is 1.58. The van der Waals surface area contributed by atoms with Crippen molar-refractivity contribution in [2.75, 3.05) is 30.3 Å². The molecule has 0 spiro atoms. The van der Waals surface area contributed by atoms with Gasteiger partial charge in [0, 0.05) is 18.7 Å². The number of hydrogen-bond donors (Lipinski definition) is 1. The van der Waals surface area contributed by atoms with E-state index in [4.69, 9.17) is 9.47 Å². The number of amides is 2. The molecule has 0 aromatic heterocycles. The minimum absolute atomic E-state index is 0.0975. The molecule has 1 atom stereocenters. The van der Waals surface area contributed by atoms with Crippen molar-refractivity contribution in [3.05, 3.63) is 53.6 Å². The van der Waals surface area contributed by atoms with Gasteiger partial charge in [0.05, 0.1) is 11.9 Å². The number of nitrogens with zero attached hydrogens (tertiary/aromatic N) is 2. The van der Waals surface area contributed by atoms with Gasteiger partial charge in [-0.25, -0.2) is 8.42 Å². The quantitative estimate of drug-likeness (QED) is 0.520. The third-order valence-corrected chi connectivity index (χ3v) is 8.23. The maximum atomic E-state index is 13.8. The van der Waals surface area contributed by atoms with Crippen LogP contribution in [0.3, 0.4) is 0 Å². The fourth-order valence-electron chi connectivity index (χ4n) is 4.84. The molecule has 0 bridgehead atoms. The van der Waals surface area contributed by atoms with Crippen molar-refractivity contribution in [1.82, 2.24) is 10.2 Å². The number of anilines is 1. The van der Waals surface area contributed by atoms with Crippen molar-refractivity contribution >= 4 is 27.5 Å². The lowest BCUT2D eigenvalue weighted by Crippen LogP contribution is -2.52. The summed E-state index contributed by atoms with van der Waals surface area (Å²) < 4.78 is 37.9. The number of nitrogens with one attached hydrogen (secondary N) is 1. The topological polar surface area (TPSA) is 105 Å². The van der Waals surface area contributed by atoms with E-state index in [0.29, 0.717) is 30.4 Å². The molecular weight excluding hydrogens is 506 g/mol. The van der Waals surface area contributed by atoms with Crippen LogP contribution in [0.5, 0.6) is 11.5 Å². The monoisotopic (exact) mass is 543 g/mol. The van der Waals surface area contributed by atoms with Crippen molar-refractivity contribution in [1.29, 1.82) is 0 Å². The average molecular weight is 544 g/mol. The number of sulfonamides is 1. The van der Waals surface area contributed by atoms with Crippen LogP contribution < -0.4 is 19.1 Å². The number of aryl methyl sites for hydroxylation is 1. The molecule has 1 fully saturated rings. The Morgan fingerprint density at radius 2 is 1.66 bits per heavy atom. The van der Waals surface area contributed by atoms with Gasteiger partial charge in [0.2, 0.25) is 21.8 Å². The van der Waals surface area contributed by atoms with Crippen LogP contribution in [0.2, 0.25) is 0 Å². The molecule has 2 amide bonds. The molecule has 2 aliphatic rings. The van der Waals surface area contributed by atoms with Gasteiger partial charge in [-0.2, -0.15) is 0 Å². The second-order valence-corrected chi connectivity index (χ2v) is 12.0. The highest BCUT2D eigenvalue weighted by Crippen LogP contribution is 2.34. The van der Waals surface area contributed by atoms with E-state index in [2.05, 4.69) is 5.32 Å². The number of ether oxygens (including phenoxy) is 2. The number of carbonyl (C=O) groups excluding carboxylic acids is 2. The maximum Gasteiger partial charge on any atom is 0.244 e. The van der Waals surface area contributed by atoms with Crippen molar-refractivity contribution in [2.45, 2.75) is 64.6 Å². The fraction of sp³-hybridized carbons (Fsp3) is 0.500. The minimum Gasteiger partial charge on any atom is -0.486 e. The van der Waals surface area contributed by atoms with E-state index in [1.807, 2.05) is 31.2 Å². The summed E-state index contributed by atoms with van der Waals surface area (Å²) in [7, 11) is -3.83. The lowest BCUT2D eigenvalue weighted by Gasteiger charge is -2.33. The molecule has 9 nitrogen and oxygen atoms in total. The SMILES string of the molecule is Cc1ccc(CN(C(=O)CN(c2ccc3c(c2)OCCO3)S(C)(=O)=O)[C@H](C)C(=O)NC2CCCCC2)cc1. The molecule has 0 radical (unpaired) electrons. The van der Waals surface area contributed by atoms with E-state index in [-0.39, 0.29) is 18.5 Å². The molecule has 38 heavy (non-hydrogen) atoms. The Bertz CT molecular complexity index is 1240. The third kappa shape index (κ3) is 6.98. The Morgan fingerprint density at radius 1 is 1.00 bits per heavy atom. The highest BCUT2D eigenvalue weighted by atomic mass is 32.2. The van der Waals surface area contributed by atoms with Gasteiger partial charge >= 0.3 is 0 Å². The Kier molecular flexibility index (Phi) is 8.81. The first-order valence-electron chi connectivity index (χ1n) is 13.1. The first kappa shape index (κ1) is 27.8. The molecular formula is C28H37N3O6S. The normalized spacial score (nSPS) is 16.4. The molecule has 1 heterocycles. The highest BCUT2D eigenvalue weighted by Gasteiger charge is 2.31. The van der Waals surface area contributed by atoms with Gasteiger partial charge in [-0.15, -0.1) is 0 Å². The van der Waals surface area contributed by atoms with Crippen LogP contribution in [0.4, 0.5) is 5.69 Å². The number of rotatable bonds is 9. The van der Waals surface area contributed by atoms with Crippen LogP contribution in [0, 0.1) is 6.92 Å². The van der Waals surface area contributed by atoms with Crippen molar-refractivity contribution in [3.63, 3.8) is 0 Å². The van der Waals surface area contributed by atoms with E-state index in [0.717, 1.165) is 47.4 Å². The number of fused-ring (bicyclic) bond motifs is 1. The van der Waals surface area contributed by atoms with Gasteiger partial charge in [-0.3, -0.25) is 13.9 Å².